The molecule has 2 aliphatic heterocycles. The summed E-state index contributed by atoms with van der Waals surface area (Å²) in [6, 6.07) is 12.8. The fraction of sp³-hybridized carbons (Fsp3) is 0.391. The number of aromatic nitrogens is 1. The highest BCUT2D eigenvalue weighted by molar-refractivity contribution is 5.95. The molecule has 0 radical (unpaired) electrons. The van der Waals surface area contributed by atoms with Gasteiger partial charge in [-0.15, -0.1) is 0 Å². The first-order chi connectivity index (χ1) is 14.1. The van der Waals surface area contributed by atoms with Crippen LogP contribution in [-0.2, 0) is 11.3 Å². The number of nitrogens with one attached hydrogen (secondary N) is 1. The maximum atomic E-state index is 13.2. The van der Waals surface area contributed by atoms with Gasteiger partial charge in [0.2, 0.25) is 5.91 Å². The number of hydrogen-bond acceptors (Lipinski definition) is 4. The van der Waals surface area contributed by atoms with Gasteiger partial charge in [-0.25, -0.2) is 0 Å². The normalized spacial score (nSPS) is 25.9. The summed E-state index contributed by atoms with van der Waals surface area (Å²) in [5.41, 5.74) is 2.34. The van der Waals surface area contributed by atoms with E-state index in [9.17, 15) is 14.7 Å². The van der Waals surface area contributed by atoms with Crippen LogP contribution in [0.4, 0.5) is 5.69 Å². The summed E-state index contributed by atoms with van der Waals surface area (Å²) in [5, 5.41) is 13.2. The summed E-state index contributed by atoms with van der Waals surface area (Å²) < 4.78 is 1.82. The molecule has 6 nitrogen and oxygen atoms in total. The van der Waals surface area contributed by atoms with Crippen molar-refractivity contribution in [3.8, 4) is 0 Å². The second kappa shape index (κ2) is 7.97. The predicted octanol–water partition coefficient (Wildman–Crippen LogP) is 2.50. The highest BCUT2D eigenvalue weighted by Gasteiger charge is 2.54. The number of para-hydroxylation sites is 1. The first-order valence-corrected chi connectivity index (χ1v) is 10.2. The predicted molar refractivity (Wildman–Crippen MR) is 113 cm³/mol. The van der Waals surface area contributed by atoms with E-state index < -0.39 is 6.04 Å². The smallest absolute Gasteiger partial charge is 0.258 e. The van der Waals surface area contributed by atoms with E-state index in [1.54, 1.807) is 0 Å². The maximum Gasteiger partial charge on any atom is 0.258 e. The number of likely N-dealkylation sites (tertiary alicyclic amines) is 1. The Balaban J connectivity index is 1.69. The molecule has 0 spiro atoms. The van der Waals surface area contributed by atoms with Crippen LogP contribution in [0.15, 0.2) is 53.3 Å². The number of aliphatic hydroxyl groups is 1. The van der Waals surface area contributed by atoms with E-state index in [0.29, 0.717) is 18.7 Å². The Kier molecular flexibility index (Phi) is 5.39. The number of nitrogens with zero attached hydrogens (tertiary/aromatic N) is 2. The number of carbonyl (C=O) groups is 1. The van der Waals surface area contributed by atoms with E-state index >= 15 is 0 Å². The number of fused-ring (bicyclic) bond motifs is 3. The van der Waals surface area contributed by atoms with E-state index in [4.69, 9.17) is 0 Å². The molecule has 152 valence electrons. The number of carbonyl (C=O) groups excluding carboxylic acids is 1. The minimum absolute atomic E-state index is 0.00645. The fourth-order valence-corrected chi connectivity index (χ4v) is 5.04. The van der Waals surface area contributed by atoms with Gasteiger partial charge >= 0.3 is 0 Å². The number of amides is 1. The Morgan fingerprint density at radius 3 is 2.66 bits per heavy atom. The Hall–Kier alpha value is -2.70. The topological polar surface area (TPSA) is 74.6 Å². The summed E-state index contributed by atoms with van der Waals surface area (Å²) >= 11 is 0. The van der Waals surface area contributed by atoms with Crippen LogP contribution in [0.25, 0.3) is 6.08 Å². The summed E-state index contributed by atoms with van der Waals surface area (Å²) in [7, 11) is 0. The number of rotatable bonds is 5. The van der Waals surface area contributed by atoms with E-state index in [2.05, 4.69) is 10.2 Å². The zero-order valence-electron chi connectivity index (χ0n) is 16.8. The molecule has 6 heteroatoms. The maximum absolute atomic E-state index is 13.2. The Morgan fingerprint density at radius 1 is 1.24 bits per heavy atom. The average molecular weight is 393 g/mol. The third kappa shape index (κ3) is 3.22. The van der Waals surface area contributed by atoms with E-state index in [-0.39, 0.29) is 36.0 Å². The van der Waals surface area contributed by atoms with Gasteiger partial charge in [-0.2, -0.15) is 0 Å². The number of anilines is 1. The van der Waals surface area contributed by atoms with Crippen molar-refractivity contribution >= 4 is 17.7 Å². The van der Waals surface area contributed by atoms with Crippen molar-refractivity contribution in [2.45, 2.75) is 32.5 Å². The number of allylic oxidation sites excluding steroid dienone is 1. The molecule has 1 fully saturated rings. The number of likely N-dealkylation sites (N-methyl/N-ethyl adjacent to an activating group) is 1. The van der Waals surface area contributed by atoms with Gasteiger partial charge < -0.3 is 15.0 Å². The number of pyridine rings is 1. The van der Waals surface area contributed by atoms with E-state index in [1.807, 2.05) is 73.0 Å². The second-order valence-corrected chi connectivity index (χ2v) is 7.71. The molecule has 1 amide bonds. The van der Waals surface area contributed by atoms with Gasteiger partial charge in [0.25, 0.3) is 5.56 Å². The Bertz CT molecular complexity index is 983. The van der Waals surface area contributed by atoms with Gasteiger partial charge in [0, 0.05) is 41.9 Å². The zero-order chi connectivity index (χ0) is 20.5. The van der Waals surface area contributed by atoms with Gasteiger partial charge in [0.15, 0.2) is 0 Å². The molecule has 0 saturated carbocycles. The summed E-state index contributed by atoms with van der Waals surface area (Å²) in [6.45, 7) is 5.02. The molecule has 2 aromatic rings. The molecule has 4 rings (SSSR count). The van der Waals surface area contributed by atoms with Crippen molar-refractivity contribution in [2.24, 2.45) is 11.8 Å². The molecule has 1 saturated heterocycles. The van der Waals surface area contributed by atoms with Gasteiger partial charge in [-0.3, -0.25) is 14.5 Å². The molecule has 2 aliphatic rings. The third-order valence-corrected chi connectivity index (χ3v) is 6.24. The highest BCUT2D eigenvalue weighted by atomic mass is 16.3. The molecule has 29 heavy (non-hydrogen) atoms. The monoisotopic (exact) mass is 393 g/mol. The van der Waals surface area contributed by atoms with Crippen LogP contribution < -0.4 is 10.9 Å². The van der Waals surface area contributed by atoms with Gasteiger partial charge in [-0.1, -0.05) is 37.3 Å². The van der Waals surface area contributed by atoms with Crippen LogP contribution in [0, 0.1) is 11.8 Å². The molecular formula is C23H27N3O3. The molecule has 2 N–H and O–H groups in total. The first-order valence-electron chi connectivity index (χ1n) is 10.2. The molecule has 3 heterocycles. The van der Waals surface area contributed by atoms with Gasteiger partial charge in [0.1, 0.15) is 0 Å². The van der Waals surface area contributed by atoms with Crippen LogP contribution in [-0.4, -0.2) is 39.7 Å². The van der Waals surface area contributed by atoms with Crippen LogP contribution in [0.3, 0.4) is 0 Å². The van der Waals surface area contributed by atoms with E-state index in [1.165, 1.54) is 0 Å². The van der Waals surface area contributed by atoms with Crippen LogP contribution in [0.5, 0.6) is 0 Å². The minimum Gasteiger partial charge on any atom is -0.396 e. The third-order valence-electron chi connectivity index (χ3n) is 6.24. The molecule has 0 bridgehead atoms. The zero-order valence-corrected chi connectivity index (χ0v) is 16.8. The molecule has 0 aliphatic carbocycles. The van der Waals surface area contributed by atoms with Crippen molar-refractivity contribution in [3.05, 3.63) is 70.2 Å². The minimum atomic E-state index is -0.431. The summed E-state index contributed by atoms with van der Waals surface area (Å²) in [5.74, 6) is -0.306. The number of hydrogen-bond donors (Lipinski definition) is 2. The van der Waals surface area contributed by atoms with Gasteiger partial charge in [-0.05, 0) is 37.7 Å². The quantitative estimate of drug-likeness (QED) is 0.819. The number of benzene rings is 1. The van der Waals surface area contributed by atoms with Crippen molar-refractivity contribution in [3.63, 3.8) is 0 Å². The largest absolute Gasteiger partial charge is 0.396 e. The van der Waals surface area contributed by atoms with Crippen molar-refractivity contribution in [1.82, 2.24) is 9.47 Å². The Morgan fingerprint density at radius 2 is 2.00 bits per heavy atom. The lowest BCUT2D eigenvalue weighted by atomic mass is 9.88. The van der Waals surface area contributed by atoms with Crippen molar-refractivity contribution in [1.29, 1.82) is 0 Å². The molecule has 0 unspecified atom stereocenters. The number of aliphatic hydroxyl groups excluding tert-OH is 1. The van der Waals surface area contributed by atoms with Crippen LogP contribution >= 0.6 is 0 Å². The Labute approximate surface area is 170 Å². The van der Waals surface area contributed by atoms with Crippen molar-refractivity contribution in [2.75, 3.05) is 18.5 Å². The SMILES string of the molecule is C/C=C/c1ccc2n(c1=O)C[C@H]1[C@H](CO)[C@@H](C(=O)Nc3ccccc3)N(CC)[C@@H]21. The van der Waals surface area contributed by atoms with Crippen LogP contribution in [0.2, 0.25) is 0 Å². The van der Waals surface area contributed by atoms with Gasteiger partial charge in [0.05, 0.1) is 12.1 Å². The lowest BCUT2D eigenvalue weighted by molar-refractivity contribution is -0.122. The lowest BCUT2D eigenvalue weighted by Crippen LogP contribution is -2.45. The average Bonchev–Trinajstić information content (AvgIpc) is 3.25. The molecule has 1 aromatic heterocycles. The van der Waals surface area contributed by atoms with Crippen molar-refractivity contribution < 1.29 is 9.90 Å². The summed E-state index contributed by atoms with van der Waals surface area (Å²) in [4.78, 5) is 28.2. The first kappa shape index (κ1) is 19.6. The second-order valence-electron chi connectivity index (χ2n) is 7.71. The standard InChI is InChI=1S/C23H27N3O3/c1-3-8-15-11-12-19-20-17(13-26(19)23(15)29)18(14-27)21(25(20)4-2)22(28)24-16-9-6-5-7-10-16/h3,5-12,17-18,20-21,27H,4,13-14H2,1-2H3,(H,24,28)/b8-3+/t17-,18-,20+,21-/m0/s1. The van der Waals surface area contributed by atoms with Crippen LogP contribution in [0.1, 0.15) is 31.1 Å². The molecular weight excluding hydrogens is 366 g/mol. The summed E-state index contributed by atoms with van der Waals surface area (Å²) in [6.07, 6.45) is 3.68. The van der Waals surface area contributed by atoms with E-state index in [0.717, 1.165) is 11.4 Å². The lowest BCUT2D eigenvalue weighted by Gasteiger charge is -2.29. The molecule has 1 aromatic carbocycles. The fourth-order valence-electron chi connectivity index (χ4n) is 5.04. The highest BCUT2D eigenvalue weighted by Crippen LogP contribution is 2.49. The molecule has 4 atom stereocenters.